The average Bonchev–Trinajstić information content (AvgIpc) is 2.49. The summed E-state index contributed by atoms with van der Waals surface area (Å²) in [6.45, 7) is 2.90. The fourth-order valence-electron chi connectivity index (χ4n) is 2.02. The normalized spacial score (nSPS) is 11.9. The number of hydrogen-bond acceptors (Lipinski definition) is 4. The van der Waals surface area contributed by atoms with Crippen molar-refractivity contribution in [2.24, 2.45) is 0 Å². The van der Waals surface area contributed by atoms with E-state index in [-0.39, 0.29) is 0 Å². The first kappa shape index (κ1) is 15.0. The summed E-state index contributed by atoms with van der Waals surface area (Å²) in [5, 5.41) is 12.4. The summed E-state index contributed by atoms with van der Waals surface area (Å²) in [6.07, 6.45) is 3.37. The molecule has 1 atom stereocenters. The summed E-state index contributed by atoms with van der Waals surface area (Å²) in [6, 6.07) is 10.1. The van der Waals surface area contributed by atoms with E-state index in [1.54, 1.807) is 30.6 Å². The van der Waals surface area contributed by atoms with Crippen LogP contribution in [0, 0.1) is 0 Å². The summed E-state index contributed by atoms with van der Waals surface area (Å²) in [5.41, 5.74) is 1.65. The van der Waals surface area contributed by atoms with Crippen molar-refractivity contribution in [1.29, 1.82) is 0 Å². The van der Waals surface area contributed by atoms with Crippen molar-refractivity contribution in [3.8, 4) is 5.75 Å². The van der Waals surface area contributed by atoms with Gasteiger partial charge < -0.3 is 9.84 Å². The number of nitrogens with one attached hydrogen (secondary N) is 1. The van der Waals surface area contributed by atoms with Crippen molar-refractivity contribution in [1.82, 2.24) is 10.3 Å². The van der Waals surface area contributed by atoms with Crippen molar-refractivity contribution in [2.45, 2.75) is 19.5 Å². The first-order chi connectivity index (χ1) is 10.2. The number of nitrogens with zero attached hydrogens (tertiary/aromatic N) is 1. The Morgan fingerprint density at radius 1 is 1.33 bits per heavy atom. The molecule has 5 heteroatoms. The third-order valence-corrected chi connectivity index (χ3v) is 3.01. The van der Waals surface area contributed by atoms with Crippen LogP contribution in [0.15, 0.2) is 48.8 Å². The molecule has 0 saturated carbocycles. The summed E-state index contributed by atoms with van der Waals surface area (Å²) < 4.78 is 5.41. The molecular formula is C16H18N2O3. The van der Waals surface area contributed by atoms with Gasteiger partial charge in [0.1, 0.15) is 11.8 Å². The molecule has 1 aromatic heterocycles. The van der Waals surface area contributed by atoms with Gasteiger partial charge in [-0.3, -0.25) is 15.1 Å². The van der Waals surface area contributed by atoms with E-state index >= 15 is 0 Å². The molecule has 2 aromatic rings. The second-order valence-corrected chi connectivity index (χ2v) is 4.51. The van der Waals surface area contributed by atoms with Crippen molar-refractivity contribution >= 4 is 5.97 Å². The van der Waals surface area contributed by atoms with Crippen LogP contribution in [-0.2, 0) is 11.3 Å². The van der Waals surface area contributed by atoms with E-state index in [1.807, 2.05) is 25.1 Å². The predicted molar refractivity (Wildman–Crippen MR) is 79.1 cm³/mol. The molecule has 1 heterocycles. The van der Waals surface area contributed by atoms with Crippen LogP contribution in [0.25, 0.3) is 0 Å². The lowest BCUT2D eigenvalue weighted by Gasteiger charge is -2.16. The number of carboxylic acids is 1. The highest BCUT2D eigenvalue weighted by atomic mass is 16.5. The summed E-state index contributed by atoms with van der Waals surface area (Å²) in [5.74, 6) is -0.246. The zero-order valence-corrected chi connectivity index (χ0v) is 11.8. The maximum absolute atomic E-state index is 11.5. The molecule has 0 amide bonds. The van der Waals surface area contributed by atoms with Gasteiger partial charge >= 0.3 is 5.97 Å². The van der Waals surface area contributed by atoms with Crippen LogP contribution in [0.2, 0.25) is 0 Å². The summed E-state index contributed by atoms with van der Waals surface area (Å²) in [4.78, 5) is 15.4. The van der Waals surface area contributed by atoms with Crippen LogP contribution in [-0.4, -0.2) is 22.7 Å². The maximum Gasteiger partial charge on any atom is 0.325 e. The van der Waals surface area contributed by atoms with Crippen LogP contribution in [0.3, 0.4) is 0 Å². The van der Waals surface area contributed by atoms with E-state index in [0.29, 0.717) is 24.5 Å². The molecule has 2 N–H and O–H groups in total. The molecule has 0 bridgehead atoms. The number of carbonyl (C=O) groups is 1. The third-order valence-electron chi connectivity index (χ3n) is 3.01. The van der Waals surface area contributed by atoms with E-state index in [4.69, 9.17) is 4.74 Å². The standard InChI is InChI=1S/C16H18N2O3/c1-2-21-14-5-3-4-13(10-14)15(16(19)20)18-11-12-6-8-17-9-7-12/h3-10,15,18H,2,11H2,1H3,(H,19,20). The van der Waals surface area contributed by atoms with Crippen molar-refractivity contribution < 1.29 is 14.6 Å². The number of pyridine rings is 1. The lowest BCUT2D eigenvalue weighted by molar-refractivity contribution is -0.139. The molecule has 2 rings (SSSR count). The van der Waals surface area contributed by atoms with Gasteiger partial charge in [0.05, 0.1) is 6.61 Å². The minimum absolute atomic E-state index is 0.457. The molecule has 0 saturated heterocycles. The van der Waals surface area contributed by atoms with Gasteiger partial charge in [0.2, 0.25) is 0 Å². The molecule has 0 aliphatic rings. The topological polar surface area (TPSA) is 71.5 Å². The van der Waals surface area contributed by atoms with E-state index in [0.717, 1.165) is 5.56 Å². The SMILES string of the molecule is CCOc1cccc(C(NCc2ccncc2)C(=O)O)c1. The molecule has 5 nitrogen and oxygen atoms in total. The largest absolute Gasteiger partial charge is 0.494 e. The Kier molecular flexibility index (Phi) is 5.29. The summed E-state index contributed by atoms with van der Waals surface area (Å²) in [7, 11) is 0. The second-order valence-electron chi connectivity index (χ2n) is 4.51. The molecule has 0 aliphatic heterocycles. The van der Waals surface area contributed by atoms with Crippen LogP contribution in [0.4, 0.5) is 0 Å². The Balaban J connectivity index is 2.11. The van der Waals surface area contributed by atoms with Gasteiger partial charge in [0, 0.05) is 18.9 Å². The van der Waals surface area contributed by atoms with Gasteiger partial charge in [0.25, 0.3) is 0 Å². The quantitative estimate of drug-likeness (QED) is 0.817. The van der Waals surface area contributed by atoms with Gasteiger partial charge in [0.15, 0.2) is 0 Å². The average molecular weight is 286 g/mol. The molecule has 0 radical (unpaired) electrons. The molecular weight excluding hydrogens is 268 g/mol. The minimum Gasteiger partial charge on any atom is -0.494 e. The molecule has 0 aliphatic carbocycles. The van der Waals surface area contributed by atoms with Crippen molar-refractivity contribution in [2.75, 3.05) is 6.61 Å². The van der Waals surface area contributed by atoms with Crippen LogP contribution in [0.5, 0.6) is 5.75 Å². The Morgan fingerprint density at radius 3 is 2.76 bits per heavy atom. The maximum atomic E-state index is 11.5. The van der Waals surface area contributed by atoms with Crippen LogP contribution in [0.1, 0.15) is 24.1 Å². The zero-order chi connectivity index (χ0) is 15.1. The smallest absolute Gasteiger partial charge is 0.325 e. The van der Waals surface area contributed by atoms with Gasteiger partial charge in [-0.05, 0) is 42.3 Å². The number of carboxylic acid groups (broad SMARTS) is 1. The third kappa shape index (κ3) is 4.29. The molecule has 1 unspecified atom stereocenters. The minimum atomic E-state index is -0.919. The number of benzene rings is 1. The van der Waals surface area contributed by atoms with E-state index in [1.165, 1.54) is 0 Å². The monoisotopic (exact) mass is 286 g/mol. The van der Waals surface area contributed by atoms with Gasteiger partial charge in [-0.2, -0.15) is 0 Å². The lowest BCUT2D eigenvalue weighted by atomic mass is 10.1. The lowest BCUT2D eigenvalue weighted by Crippen LogP contribution is -2.28. The fraction of sp³-hybridized carbons (Fsp3) is 0.250. The molecule has 0 fully saturated rings. The molecule has 21 heavy (non-hydrogen) atoms. The number of aliphatic carboxylic acids is 1. The second kappa shape index (κ2) is 7.40. The molecule has 1 aromatic carbocycles. The number of rotatable bonds is 7. The predicted octanol–water partition coefficient (Wildman–Crippen LogP) is 2.40. The van der Waals surface area contributed by atoms with Gasteiger partial charge in [-0.15, -0.1) is 0 Å². The van der Waals surface area contributed by atoms with Gasteiger partial charge in [-0.1, -0.05) is 12.1 Å². The van der Waals surface area contributed by atoms with E-state index in [9.17, 15) is 9.90 Å². The number of aromatic nitrogens is 1. The molecule has 110 valence electrons. The Labute approximate surface area is 123 Å². The number of ether oxygens (including phenoxy) is 1. The highest BCUT2D eigenvalue weighted by Gasteiger charge is 2.19. The Hall–Kier alpha value is -2.40. The first-order valence-electron chi connectivity index (χ1n) is 6.78. The summed E-state index contributed by atoms with van der Waals surface area (Å²) >= 11 is 0. The first-order valence-corrected chi connectivity index (χ1v) is 6.78. The fourth-order valence-corrected chi connectivity index (χ4v) is 2.02. The highest BCUT2D eigenvalue weighted by molar-refractivity contribution is 5.75. The van der Waals surface area contributed by atoms with Crippen LogP contribution < -0.4 is 10.1 Å². The highest BCUT2D eigenvalue weighted by Crippen LogP contribution is 2.20. The Morgan fingerprint density at radius 2 is 2.10 bits per heavy atom. The van der Waals surface area contributed by atoms with Crippen molar-refractivity contribution in [3.63, 3.8) is 0 Å². The van der Waals surface area contributed by atoms with Gasteiger partial charge in [-0.25, -0.2) is 0 Å². The van der Waals surface area contributed by atoms with E-state index < -0.39 is 12.0 Å². The van der Waals surface area contributed by atoms with Crippen LogP contribution >= 0.6 is 0 Å². The number of hydrogen-bond donors (Lipinski definition) is 2. The van der Waals surface area contributed by atoms with E-state index in [2.05, 4.69) is 10.3 Å². The van der Waals surface area contributed by atoms with Crippen molar-refractivity contribution in [3.05, 3.63) is 59.9 Å². The zero-order valence-electron chi connectivity index (χ0n) is 11.8. The molecule has 0 spiro atoms. The Bertz CT molecular complexity index is 587.